The molecule has 0 atom stereocenters. The summed E-state index contributed by atoms with van der Waals surface area (Å²) < 4.78 is 40.3. The van der Waals surface area contributed by atoms with E-state index in [9.17, 15) is 18.0 Å². The molecule has 26 heavy (non-hydrogen) atoms. The zero-order valence-electron chi connectivity index (χ0n) is 13.6. The van der Waals surface area contributed by atoms with Crippen LogP contribution in [-0.2, 0) is 12.6 Å². The monoisotopic (exact) mass is 382 g/mol. The highest BCUT2D eigenvalue weighted by atomic mass is 35.5. The van der Waals surface area contributed by atoms with Crippen molar-refractivity contribution in [3.8, 4) is 0 Å². The molecule has 0 spiro atoms. The van der Waals surface area contributed by atoms with Crippen molar-refractivity contribution >= 4 is 29.0 Å². The van der Waals surface area contributed by atoms with Crippen LogP contribution in [0.4, 0.5) is 19.0 Å². The largest absolute Gasteiger partial charge is 0.417 e. The number of pyridine rings is 2. The van der Waals surface area contributed by atoms with E-state index in [1.165, 1.54) is 22.7 Å². The summed E-state index contributed by atoms with van der Waals surface area (Å²) in [5.74, 6) is -0.348. The number of imidazole rings is 1. The molecule has 0 aliphatic rings. The number of alkyl halides is 3. The topological polar surface area (TPSA) is 59.3 Å². The van der Waals surface area contributed by atoms with Crippen LogP contribution in [0.1, 0.15) is 35.1 Å². The van der Waals surface area contributed by atoms with E-state index < -0.39 is 17.6 Å². The third-order valence-corrected chi connectivity index (χ3v) is 3.91. The summed E-state index contributed by atoms with van der Waals surface area (Å²) in [5.41, 5.74) is -0.0947. The van der Waals surface area contributed by atoms with Crippen LogP contribution in [0.25, 0.3) is 5.65 Å². The van der Waals surface area contributed by atoms with Crippen molar-refractivity contribution in [1.82, 2.24) is 14.4 Å². The number of anilines is 1. The van der Waals surface area contributed by atoms with Gasteiger partial charge >= 0.3 is 6.18 Å². The zero-order valence-corrected chi connectivity index (χ0v) is 14.4. The fraction of sp³-hybridized carbons (Fsp3) is 0.235. The first kappa shape index (κ1) is 18.2. The van der Waals surface area contributed by atoms with Gasteiger partial charge in [-0.15, -0.1) is 0 Å². The SMILES string of the molecule is CCCc1nc2ccc(C(F)(F)F)cn2c1C(=O)Nc1ccc(Cl)cn1. The smallest absolute Gasteiger partial charge is 0.305 e. The minimum Gasteiger partial charge on any atom is -0.305 e. The standard InChI is InChI=1S/C17H14ClF3N4O/c1-2-3-12-15(16(26)24-13-6-5-11(18)8-22-13)25-9-10(17(19,20)21)4-7-14(25)23-12/h4-9H,2-3H2,1H3,(H,22,24,26). The highest BCUT2D eigenvalue weighted by Crippen LogP contribution is 2.30. The van der Waals surface area contributed by atoms with E-state index in [1.807, 2.05) is 6.92 Å². The summed E-state index contributed by atoms with van der Waals surface area (Å²) in [6.07, 6.45) is -1.13. The van der Waals surface area contributed by atoms with E-state index in [0.717, 1.165) is 12.3 Å². The molecule has 0 unspecified atom stereocenters. The molecule has 0 saturated heterocycles. The van der Waals surface area contributed by atoms with Crippen molar-refractivity contribution in [3.05, 3.63) is 58.6 Å². The molecule has 0 fully saturated rings. The van der Waals surface area contributed by atoms with E-state index in [2.05, 4.69) is 15.3 Å². The Balaban J connectivity index is 2.07. The molecule has 3 rings (SSSR count). The Labute approximate surface area is 151 Å². The van der Waals surface area contributed by atoms with Gasteiger partial charge in [0.2, 0.25) is 0 Å². The van der Waals surface area contributed by atoms with Gasteiger partial charge in [0.05, 0.1) is 16.3 Å². The Kier molecular flexibility index (Phi) is 4.86. The molecule has 3 aromatic rings. The molecule has 1 N–H and O–H groups in total. The summed E-state index contributed by atoms with van der Waals surface area (Å²) in [6.45, 7) is 1.90. The van der Waals surface area contributed by atoms with Crippen molar-refractivity contribution in [1.29, 1.82) is 0 Å². The first-order valence-corrected chi connectivity index (χ1v) is 8.18. The number of nitrogens with zero attached hydrogens (tertiary/aromatic N) is 3. The molecule has 3 aromatic heterocycles. The van der Waals surface area contributed by atoms with Crippen LogP contribution >= 0.6 is 11.6 Å². The molecule has 9 heteroatoms. The molecular formula is C17H14ClF3N4O. The maximum Gasteiger partial charge on any atom is 0.417 e. The van der Waals surface area contributed by atoms with Gasteiger partial charge in [-0.2, -0.15) is 13.2 Å². The lowest BCUT2D eigenvalue weighted by molar-refractivity contribution is -0.137. The third-order valence-electron chi connectivity index (χ3n) is 3.69. The van der Waals surface area contributed by atoms with E-state index in [0.29, 0.717) is 23.6 Å². The summed E-state index contributed by atoms with van der Waals surface area (Å²) >= 11 is 5.76. The predicted octanol–water partition coefficient (Wildman–Crippen LogP) is 4.61. The molecule has 3 heterocycles. The van der Waals surface area contributed by atoms with E-state index in [4.69, 9.17) is 11.6 Å². The van der Waals surface area contributed by atoms with E-state index >= 15 is 0 Å². The Morgan fingerprint density at radius 2 is 2.04 bits per heavy atom. The van der Waals surface area contributed by atoms with Crippen LogP contribution in [-0.4, -0.2) is 20.3 Å². The lowest BCUT2D eigenvalue weighted by Crippen LogP contribution is -2.18. The Hall–Kier alpha value is -2.61. The molecule has 0 aliphatic heterocycles. The first-order valence-electron chi connectivity index (χ1n) is 7.80. The quantitative estimate of drug-likeness (QED) is 0.717. The number of carbonyl (C=O) groups is 1. The number of aryl methyl sites for hydroxylation is 1. The number of carbonyl (C=O) groups excluding carboxylic acids is 1. The normalized spacial score (nSPS) is 11.7. The summed E-state index contributed by atoms with van der Waals surface area (Å²) in [7, 11) is 0. The Morgan fingerprint density at radius 1 is 1.27 bits per heavy atom. The van der Waals surface area contributed by atoms with Crippen LogP contribution in [0.5, 0.6) is 0 Å². The van der Waals surface area contributed by atoms with Gasteiger partial charge in [-0.3, -0.25) is 9.20 Å². The number of aromatic nitrogens is 3. The maximum atomic E-state index is 13.0. The number of amides is 1. The maximum absolute atomic E-state index is 13.0. The van der Waals surface area contributed by atoms with Gasteiger partial charge in [0, 0.05) is 12.4 Å². The molecule has 5 nitrogen and oxygen atoms in total. The second-order valence-corrected chi connectivity index (χ2v) is 6.05. The van der Waals surface area contributed by atoms with Gasteiger partial charge in [0.1, 0.15) is 17.2 Å². The number of fused-ring (bicyclic) bond motifs is 1. The van der Waals surface area contributed by atoms with Gasteiger partial charge in [0.25, 0.3) is 5.91 Å². The molecule has 0 aliphatic carbocycles. The minimum atomic E-state index is -4.52. The second-order valence-electron chi connectivity index (χ2n) is 5.62. The lowest BCUT2D eigenvalue weighted by Gasteiger charge is -2.09. The molecular weight excluding hydrogens is 369 g/mol. The number of rotatable bonds is 4. The van der Waals surface area contributed by atoms with Crippen LogP contribution in [0.2, 0.25) is 5.02 Å². The van der Waals surface area contributed by atoms with Crippen LogP contribution in [0.15, 0.2) is 36.7 Å². The average molecular weight is 383 g/mol. The molecule has 0 bridgehead atoms. The molecule has 0 aromatic carbocycles. The molecule has 136 valence electrons. The number of hydrogen-bond acceptors (Lipinski definition) is 3. The summed E-state index contributed by atoms with van der Waals surface area (Å²) in [4.78, 5) is 21.0. The van der Waals surface area contributed by atoms with Crippen molar-refractivity contribution in [2.45, 2.75) is 25.9 Å². The van der Waals surface area contributed by atoms with Crippen LogP contribution in [0.3, 0.4) is 0 Å². The van der Waals surface area contributed by atoms with Gasteiger partial charge in [-0.1, -0.05) is 24.9 Å². The number of hydrogen-bond donors (Lipinski definition) is 1. The number of halogens is 4. The lowest BCUT2D eigenvalue weighted by atomic mass is 10.2. The predicted molar refractivity (Wildman–Crippen MR) is 91.4 cm³/mol. The zero-order chi connectivity index (χ0) is 18.9. The van der Waals surface area contributed by atoms with Crippen LogP contribution in [0, 0.1) is 0 Å². The Morgan fingerprint density at radius 3 is 2.65 bits per heavy atom. The highest BCUT2D eigenvalue weighted by Gasteiger charge is 2.32. The highest BCUT2D eigenvalue weighted by molar-refractivity contribution is 6.30. The fourth-order valence-electron chi connectivity index (χ4n) is 2.54. The fourth-order valence-corrected chi connectivity index (χ4v) is 2.65. The Bertz CT molecular complexity index is 951. The third kappa shape index (κ3) is 3.65. The summed E-state index contributed by atoms with van der Waals surface area (Å²) in [6, 6.07) is 5.25. The van der Waals surface area contributed by atoms with Gasteiger partial charge in [0.15, 0.2) is 0 Å². The summed E-state index contributed by atoms with van der Waals surface area (Å²) in [5, 5.41) is 2.97. The molecule has 1 amide bonds. The van der Waals surface area contributed by atoms with Crippen molar-refractivity contribution in [2.75, 3.05) is 5.32 Å². The van der Waals surface area contributed by atoms with E-state index in [1.54, 1.807) is 6.07 Å². The van der Waals surface area contributed by atoms with E-state index in [-0.39, 0.29) is 17.2 Å². The van der Waals surface area contributed by atoms with Crippen molar-refractivity contribution < 1.29 is 18.0 Å². The number of nitrogens with one attached hydrogen (secondary N) is 1. The molecule has 0 radical (unpaired) electrons. The van der Waals surface area contributed by atoms with Crippen molar-refractivity contribution in [2.24, 2.45) is 0 Å². The first-order chi connectivity index (χ1) is 12.3. The van der Waals surface area contributed by atoms with Gasteiger partial charge in [-0.05, 0) is 30.7 Å². The van der Waals surface area contributed by atoms with Gasteiger partial charge < -0.3 is 5.32 Å². The minimum absolute atomic E-state index is 0.0599. The van der Waals surface area contributed by atoms with Crippen molar-refractivity contribution in [3.63, 3.8) is 0 Å². The second kappa shape index (κ2) is 6.95. The molecule has 0 saturated carbocycles. The average Bonchev–Trinajstić information content (AvgIpc) is 2.93. The van der Waals surface area contributed by atoms with Gasteiger partial charge in [-0.25, -0.2) is 9.97 Å². The van der Waals surface area contributed by atoms with Crippen LogP contribution < -0.4 is 5.32 Å².